The lowest BCUT2D eigenvalue weighted by Gasteiger charge is -2.43. The lowest BCUT2D eigenvalue weighted by atomic mass is 9.89. The number of carboxylic acid groups (broad SMARTS) is 1. The molecule has 2 aliphatic rings. The number of Topliss-reactive ketones (excluding diaryl/α,β-unsaturated/α-hetero) is 2. The van der Waals surface area contributed by atoms with Crippen LogP contribution in [-0.4, -0.2) is 86.1 Å². The molecule has 3 amide bonds. The van der Waals surface area contributed by atoms with Crippen molar-refractivity contribution in [2.24, 2.45) is 5.92 Å². The van der Waals surface area contributed by atoms with Gasteiger partial charge in [0.1, 0.15) is 29.6 Å². The van der Waals surface area contributed by atoms with E-state index in [1.54, 1.807) is 0 Å². The summed E-state index contributed by atoms with van der Waals surface area (Å²) in [6, 6.07) is 21.4. The summed E-state index contributed by atoms with van der Waals surface area (Å²) in [7, 11) is 1.45. The third kappa shape index (κ3) is 11.6. The Morgan fingerprint density at radius 1 is 0.750 bits per heavy atom. The van der Waals surface area contributed by atoms with Gasteiger partial charge >= 0.3 is 5.97 Å². The summed E-state index contributed by atoms with van der Waals surface area (Å²) in [5.74, 6) is -4.72. The van der Waals surface area contributed by atoms with Crippen LogP contribution >= 0.6 is 0 Å². The van der Waals surface area contributed by atoms with Gasteiger partial charge in [-0.05, 0) is 77.8 Å². The Hall–Kier alpha value is -6.30. The van der Waals surface area contributed by atoms with E-state index in [1.165, 1.54) is 111 Å². The molecule has 64 heavy (non-hydrogen) atoms. The van der Waals surface area contributed by atoms with E-state index in [0.29, 0.717) is 36.1 Å². The average molecular weight is 872 g/mol. The molecule has 4 bridgehead atoms. The largest absolute Gasteiger partial charge is 0.507 e. The highest BCUT2D eigenvalue weighted by Crippen LogP contribution is 2.40. The summed E-state index contributed by atoms with van der Waals surface area (Å²) < 4.78 is 0. The number of rotatable bonds is 17. The van der Waals surface area contributed by atoms with E-state index < -0.39 is 47.6 Å². The Bertz CT molecular complexity index is 2320. The smallest absolute Gasteiger partial charge is 0.326 e. The molecule has 6 rings (SSSR count). The maximum Gasteiger partial charge on any atom is 0.326 e. The standard InChI is InChI=1S/C52H61N3O9/c1-4-5-6-7-8-9-10-12-34-15-18-36(19-16-34)37-20-22-38(23-21-37)44(56)13-11-14-48(60)55-28-27-43(55)51(62)54(3)49-39-24-26-46(58)41(32-39)40-30-35(17-25-45(40)57)31-42(52(63)64)53-50(61)33(2)29-47(49)59/h15-26,30,32-33,42-43,49,57-58H,4-14,27-29,31H2,1-3H3,(H,53,61)(H,63,64)/t33-,42+,43+,49+/m1/s1. The third-order valence-electron chi connectivity index (χ3n) is 12.7. The van der Waals surface area contributed by atoms with Crippen LogP contribution in [-0.2, 0) is 36.8 Å². The number of benzene rings is 4. The fraction of sp³-hybridized carbons (Fsp3) is 0.423. The van der Waals surface area contributed by atoms with Crippen molar-refractivity contribution in [2.45, 2.75) is 122 Å². The molecule has 12 heteroatoms. The van der Waals surface area contributed by atoms with E-state index in [1.807, 2.05) is 24.3 Å². The zero-order valence-corrected chi connectivity index (χ0v) is 37.2. The van der Waals surface area contributed by atoms with Crippen LogP contribution in [0.2, 0.25) is 0 Å². The van der Waals surface area contributed by atoms with Crippen molar-refractivity contribution in [3.63, 3.8) is 0 Å². The van der Waals surface area contributed by atoms with Crippen molar-refractivity contribution in [1.82, 2.24) is 15.1 Å². The SMILES string of the molecule is CCCCCCCCCc1ccc(-c2ccc(C(=O)CCCC(=O)N3CC[C@H]3C(=O)N(C)[C@@H]3C(=O)C[C@@H](C)C(=O)N[C@H](C(=O)O)Cc4ccc(O)c(c4)-c4cc3ccc4O)cc2)cc1. The number of likely N-dealkylation sites (N-methyl/N-ethyl adjacent to an activating group) is 1. The van der Waals surface area contributed by atoms with Gasteiger partial charge in [0, 0.05) is 61.9 Å². The predicted molar refractivity (Wildman–Crippen MR) is 245 cm³/mol. The van der Waals surface area contributed by atoms with E-state index in [2.05, 4.69) is 36.5 Å². The number of unbranched alkanes of at least 4 members (excludes halogenated alkanes) is 6. The van der Waals surface area contributed by atoms with E-state index >= 15 is 0 Å². The number of nitrogens with zero attached hydrogens (tertiary/aromatic N) is 2. The van der Waals surface area contributed by atoms with Crippen LogP contribution in [0.15, 0.2) is 84.9 Å². The topological polar surface area (TPSA) is 182 Å². The number of nitrogens with one attached hydrogen (secondary N) is 1. The molecular formula is C52H61N3O9. The molecular weight excluding hydrogens is 811 g/mol. The minimum absolute atomic E-state index is 0.0543. The fourth-order valence-corrected chi connectivity index (χ4v) is 8.74. The maximum atomic E-state index is 14.2. The number of carbonyl (C=O) groups is 6. The summed E-state index contributed by atoms with van der Waals surface area (Å²) in [6.07, 6.45) is 10.5. The number of aliphatic carboxylic acids is 1. The number of likely N-dealkylation sites (tertiary alicyclic amines) is 1. The molecule has 12 nitrogen and oxygen atoms in total. The zero-order valence-electron chi connectivity index (χ0n) is 37.2. The van der Waals surface area contributed by atoms with E-state index in [0.717, 1.165) is 17.5 Å². The number of carbonyl (C=O) groups excluding carboxylic acids is 5. The second-order valence-corrected chi connectivity index (χ2v) is 17.5. The number of aromatic hydroxyl groups is 2. The van der Waals surface area contributed by atoms with Crippen molar-refractivity contribution < 1.29 is 44.1 Å². The second-order valence-electron chi connectivity index (χ2n) is 17.5. The second kappa shape index (κ2) is 21.9. The Labute approximate surface area is 375 Å². The fourth-order valence-electron chi connectivity index (χ4n) is 8.74. The Balaban J connectivity index is 1.07. The Morgan fingerprint density at radius 3 is 2.02 bits per heavy atom. The highest BCUT2D eigenvalue weighted by molar-refractivity contribution is 5.98. The molecule has 0 saturated carbocycles. The molecule has 338 valence electrons. The first-order valence-electron chi connectivity index (χ1n) is 22.8. The predicted octanol–water partition coefficient (Wildman–Crippen LogP) is 8.60. The first kappa shape index (κ1) is 47.2. The van der Waals surface area contributed by atoms with Crippen LogP contribution in [0, 0.1) is 5.92 Å². The van der Waals surface area contributed by atoms with E-state index in [4.69, 9.17) is 0 Å². The summed E-state index contributed by atoms with van der Waals surface area (Å²) in [5.41, 5.74) is 5.09. The number of phenolic OH excluding ortho intramolecular Hbond substituents is 2. The van der Waals surface area contributed by atoms with Gasteiger partial charge in [-0.25, -0.2) is 4.79 Å². The van der Waals surface area contributed by atoms with Gasteiger partial charge < -0.3 is 30.4 Å². The van der Waals surface area contributed by atoms with Gasteiger partial charge in [0.25, 0.3) is 0 Å². The van der Waals surface area contributed by atoms with Gasteiger partial charge in [0.05, 0.1) is 0 Å². The van der Waals surface area contributed by atoms with Gasteiger partial charge in [-0.15, -0.1) is 0 Å². The van der Waals surface area contributed by atoms with Crippen molar-refractivity contribution in [1.29, 1.82) is 0 Å². The number of phenols is 2. The first-order valence-corrected chi connectivity index (χ1v) is 22.8. The van der Waals surface area contributed by atoms with Crippen LogP contribution in [0.25, 0.3) is 22.3 Å². The molecule has 0 aromatic heterocycles. The van der Waals surface area contributed by atoms with Crippen molar-refractivity contribution in [2.75, 3.05) is 13.6 Å². The van der Waals surface area contributed by atoms with Crippen LogP contribution in [0.5, 0.6) is 11.5 Å². The molecule has 2 aliphatic heterocycles. The lowest BCUT2D eigenvalue weighted by Crippen LogP contribution is -2.59. The number of carboxylic acids is 1. The Morgan fingerprint density at radius 2 is 1.38 bits per heavy atom. The molecule has 1 fully saturated rings. The number of hydrogen-bond donors (Lipinski definition) is 4. The van der Waals surface area contributed by atoms with Crippen molar-refractivity contribution in [3.8, 4) is 33.8 Å². The molecule has 2 heterocycles. The van der Waals surface area contributed by atoms with Crippen LogP contribution in [0.4, 0.5) is 0 Å². The number of aryl methyl sites for hydroxylation is 1. The molecule has 0 aliphatic carbocycles. The first-order chi connectivity index (χ1) is 30.7. The minimum atomic E-state index is -1.34. The summed E-state index contributed by atoms with van der Waals surface area (Å²) in [5, 5.41) is 34.2. The van der Waals surface area contributed by atoms with Crippen molar-refractivity contribution in [3.05, 3.63) is 107 Å². The minimum Gasteiger partial charge on any atom is -0.507 e. The number of hydrogen-bond acceptors (Lipinski definition) is 8. The molecule has 4 atom stereocenters. The maximum absolute atomic E-state index is 14.2. The van der Waals surface area contributed by atoms with Gasteiger partial charge in [-0.3, -0.25) is 24.0 Å². The van der Waals surface area contributed by atoms with E-state index in [9.17, 15) is 44.1 Å². The quantitative estimate of drug-likeness (QED) is 0.0597. The molecule has 0 spiro atoms. The summed E-state index contributed by atoms with van der Waals surface area (Å²) in [6.45, 7) is 4.07. The summed E-state index contributed by atoms with van der Waals surface area (Å²) >= 11 is 0. The molecule has 1 saturated heterocycles. The van der Waals surface area contributed by atoms with Gasteiger partial charge in [-0.1, -0.05) is 113 Å². The zero-order chi connectivity index (χ0) is 45.9. The van der Waals surface area contributed by atoms with Crippen LogP contribution in [0.3, 0.4) is 0 Å². The molecule has 4 N–H and O–H groups in total. The molecule has 4 aromatic rings. The van der Waals surface area contributed by atoms with Gasteiger partial charge in [0.2, 0.25) is 17.7 Å². The van der Waals surface area contributed by atoms with Gasteiger partial charge in [0.15, 0.2) is 11.6 Å². The molecule has 4 aromatic carbocycles. The number of ketones is 2. The molecule has 0 unspecified atom stereocenters. The third-order valence-corrected chi connectivity index (χ3v) is 12.7. The monoisotopic (exact) mass is 871 g/mol. The number of amides is 3. The van der Waals surface area contributed by atoms with Crippen molar-refractivity contribution >= 4 is 35.3 Å². The van der Waals surface area contributed by atoms with Gasteiger partial charge in [-0.2, -0.15) is 0 Å². The molecule has 0 radical (unpaired) electrons. The number of fused-ring (bicyclic) bond motifs is 5. The average Bonchev–Trinajstić information content (AvgIpc) is 3.26. The highest BCUT2D eigenvalue weighted by Gasteiger charge is 2.42. The van der Waals surface area contributed by atoms with Crippen LogP contribution in [0.1, 0.15) is 124 Å². The van der Waals surface area contributed by atoms with Crippen LogP contribution < -0.4 is 5.32 Å². The lowest BCUT2D eigenvalue weighted by molar-refractivity contribution is -0.155. The Kier molecular flexibility index (Phi) is 16.1. The van der Waals surface area contributed by atoms with E-state index in [-0.39, 0.29) is 60.0 Å². The summed E-state index contributed by atoms with van der Waals surface area (Å²) in [4.78, 5) is 83.1. The normalized spacial score (nSPS) is 18.6. The highest BCUT2D eigenvalue weighted by atomic mass is 16.4.